The van der Waals surface area contributed by atoms with Crippen molar-refractivity contribution in [2.45, 2.75) is 19.5 Å². The Labute approximate surface area is 242 Å². The molecule has 1 saturated heterocycles. The summed E-state index contributed by atoms with van der Waals surface area (Å²) in [6, 6.07) is 14.5. The lowest BCUT2D eigenvalue weighted by Crippen LogP contribution is -2.50. The number of benzene rings is 2. The molecule has 12 nitrogen and oxygen atoms in total. The SMILES string of the molecule is CC(=O)Nc1cc(F)c2oc(-c3ccnc(C(=O)N4CCN([C@H](c5ccccc5)c5nnn(C(F)F)n5)CC4)c3)nc2c1. The molecule has 0 radical (unpaired) electrons. The number of carbonyl (C=O) groups excluding carboxylic acids is 2. The summed E-state index contributed by atoms with van der Waals surface area (Å²) >= 11 is 0. The Kier molecular flexibility index (Phi) is 7.54. The fraction of sp³-hybridized carbons (Fsp3) is 0.250. The molecule has 6 rings (SSSR count). The van der Waals surface area contributed by atoms with Crippen LogP contribution in [0.3, 0.4) is 0 Å². The minimum absolute atomic E-state index is 0.0824. The molecule has 4 heterocycles. The molecule has 15 heteroatoms. The lowest BCUT2D eigenvalue weighted by Gasteiger charge is -2.38. The molecule has 1 N–H and O–H groups in total. The zero-order chi connectivity index (χ0) is 30.1. The lowest BCUT2D eigenvalue weighted by atomic mass is 10.0. The Bertz CT molecular complexity index is 1790. The van der Waals surface area contributed by atoms with E-state index in [1.807, 2.05) is 35.2 Å². The predicted octanol–water partition coefficient (Wildman–Crippen LogP) is 3.92. The first kappa shape index (κ1) is 28.0. The van der Waals surface area contributed by atoms with Gasteiger partial charge in [-0.25, -0.2) is 9.37 Å². The van der Waals surface area contributed by atoms with Gasteiger partial charge in [0.05, 0.1) is 6.04 Å². The van der Waals surface area contributed by atoms with Crippen molar-refractivity contribution in [1.29, 1.82) is 0 Å². The quantitative estimate of drug-likeness (QED) is 0.299. The van der Waals surface area contributed by atoms with E-state index in [-0.39, 0.29) is 50.8 Å². The predicted molar refractivity (Wildman–Crippen MR) is 146 cm³/mol. The van der Waals surface area contributed by atoms with Gasteiger partial charge >= 0.3 is 6.55 Å². The number of nitrogens with one attached hydrogen (secondary N) is 1. The molecule has 0 bridgehead atoms. The van der Waals surface area contributed by atoms with Crippen molar-refractivity contribution in [1.82, 2.24) is 40.0 Å². The van der Waals surface area contributed by atoms with Crippen LogP contribution in [0.1, 0.15) is 41.4 Å². The van der Waals surface area contributed by atoms with E-state index in [2.05, 4.69) is 30.7 Å². The number of anilines is 1. The molecular formula is C28H24F3N9O3. The van der Waals surface area contributed by atoms with E-state index in [1.54, 1.807) is 11.0 Å². The minimum atomic E-state index is -2.91. The van der Waals surface area contributed by atoms with Crippen LogP contribution in [0.4, 0.5) is 18.9 Å². The Morgan fingerprint density at radius 3 is 2.49 bits per heavy atom. The molecule has 220 valence electrons. The third-order valence-electron chi connectivity index (χ3n) is 6.94. The van der Waals surface area contributed by atoms with Gasteiger partial charge in [-0.15, -0.1) is 10.2 Å². The fourth-order valence-electron chi connectivity index (χ4n) is 5.00. The molecule has 1 aliphatic rings. The van der Waals surface area contributed by atoms with Crippen molar-refractivity contribution in [2.24, 2.45) is 0 Å². The van der Waals surface area contributed by atoms with Crippen LogP contribution in [0.2, 0.25) is 0 Å². The molecule has 0 spiro atoms. The summed E-state index contributed by atoms with van der Waals surface area (Å²) in [5.41, 5.74) is 1.74. The Hall–Kier alpha value is -5.18. The van der Waals surface area contributed by atoms with Gasteiger partial charge in [-0.05, 0) is 29.0 Å². The first-order valence-electron chi connectivity index (χ1n) is 13.3. The van der Waals surface area contributed by atoms with Crippen LogP contribution in [-0.2, 0) is 4.79 Å². The van der Waals surface area contributed by atoms with Crippen molar-refractivity contribution in [3.05, 3.63) is 83.7 Å². The molecule has 1 aliphatic heterocycles. The maximum Gasteiger partial charge on any atom is 0.350 e. The smallest absolute Gasteiger partial charge is 0.350 e. The Balaban J connectivity index is 1.19. The largest absolute Gasteiger partial charge is 0.433 e. The van der Waals surface area contributed by atoms with E-state index in [0.717, 1.165) is 11.6 Å². The van der Waals surface area contributed by atoms with Crippen LogP contribution in [0.15, 0.2) is 65.2 Å². The number of tetrazole rings is 1. The highest BCUT2D eigenvalue weighted by atomic mass is 19.3. The molecule has 0 saturated carbocycles. The van der Waals surface area contributed by atoms with Crippen molar-refractivity contribution in [3.8, 4) is 11.5 Å². The zero-order valence-electron chi connectivity index (χ0n) is 22.7. The summed E-state index contributed by atoms with van der Waals surface area (Å²) in [7, 11) is 0. The van der Waals surface area contributed by atoms with Crippen LogP contribution in [0.25, 0.3) is 22.6 Å². The van der Waals surface area contributed by atoms with Crippen molar-refractivity contribution in [2.75, 3.05) is 31.5 Å². The van der Waals surface area contributed by atoms with Crippen LogP contribution in [-0.4, -0.2) is 78.0 Å². The van der Waals surface area contributed by atoms with E-state index >= 15 is 0 Å². The average Bonchev–Trinajstić information content (AvgIpc) is 3.66. The zero-order valence-corrected chi connectivity index (χ0v) is 22.7. The third kappa shape index (κ3) is 5.79. The van der Waals surface area contributed by atoms with Crippen molar-refractivity contribution >= 4 is 28.6 Å². The average molecular weight is 592 g/mol. The molecule has 0 aliphatic carbocycles. The second kappa shape index (κ2) is 11.6. The van der Waals surface area contributed by atoms with E-state index < -0.39 is 18.4 Å². The van der Waals surface area contributed by atoms with Gasteiger partial charge in [0.1, 0.15) is 11.2 Å². The number of alkyl halides is 2. The lowest BCUT2D eigenvalue weighted by molar-refractivity contribution is -0.114. The van der Waals surface area contributed by atoms with Gasteiger partial charge in [-0.2, -0.15) is 8.78 Å². The monoisotopic (exact) mass is 591 g/mol. The number of hydrogen-bond donors (Lipinski definition) is 1. The van der Waals surface area contributed by atoms with Crippen LogP contribution in [0.5, 0.6) is 0 Å². The normalized spacial score (nSPS) is 14.8. The highest BCUT2D eigenvalue weighted by Gasteiger charge is 2.32. The molecule has 2 aromatic carbocycles. The number of carbonyl (C=O) groups is 2. The summed E-state index contributed by atoms with van der Waals surface area (Å²) < 4.78 is 46.6. The minimum Gasteiger partial charge on any atom is -0.433 e. The van der Waals surface area contributed by atoms with E-state index in [1.165, 1.54) is 25.3 Å². The van der Waals surface area contributed by atoms with Gasteiger partial charge in [-0.3, -0.25) is 19.5 Å². The Morgan fingerprint density at radius 2 is 1.79 bits per heavy atom. The highest BCUT2D eigenvalue weighted by molar-refractivity contribution is 5.94. The summed E-state index contributed by atoms with van der Waals surface area (Å²) in [5.74, 6) is -1.14. The number of rotatable bonds is 7. The van der Waals surface area contributed by atoms with E-state index in [0.29, 0.717) is 31.7 Å². The maximum atomic E-state index is 14.6. The Morgan fingerprint density at radius 1 is 1.02 bits per heavy atom. The number of aromatic nitrogens is 6. The van der Waals surface area contributed by atoms with Gasteiger partial charge in [0.15, 0.2) is 17.2 Å². The molecule has 0 unspecified atom stereocenters. The number of amides is 2. The molecular weight excluding hydrogens is 567 g/mol. The van der Waals surface area contributed by atoms with Gasteiger partial charge < -0.3 is 14.6 Å². The maximum absolute atomic E-state index is 14.6. The highest BCUT2D eigenvalue weighted by Crippen LogP contribution is 2.30. The summed E-state index contributed by atoms with van der Waals surface area (Å²) in [6.45, 7) is -0.114. The molecule has 5 aromatic rings. The van der Waals surface area contributed by atoms with E-state index in [9.17, 15) is 22.8 Å². The van der Waals surface area contributed by atoms with Crippen LogP contribution in [0, 0.1) is 5.82 Å². The molecule has 1 fully saturated rings. The van der Waals surface area contributed by atoms with Gasteiger partial charge in [0.2, 0.25) is 11.8 Å². The number of oxazole rings is 1. The topological polar surface area (TPSA) is 135 Å². The number of nitrogens with zero attached hydrogens (tertiary/aromatic N) is 8. The first-order chi connectivity index (χ1) is 20.8. The third-order valence-corrected chi connectivity index (χ3v) is 6.94. The first-order valence-corrected chi connectivity index (χ1v) is 13.3. The van der Waals surface area contributed by atoms with Crippen molar-refractivity contribution in [3.63, 3.8) is 0 Å². The number of piperazine rings is 1. The number of pyridine rings is 1. The van der Waals surface area contributed by atoms with Crippen molar-refractivity contribution < 1.29 is 27.2 Å². The summed E-state index contributed by atoms with van der Waals surface area (Å²) in [5, 5.41) is 13.8. The number of fused-ring (bicyclic) bond motifs is 1. The number of halogens is 3. The van der Waals surface area contributed by atoms with Crippen LogP contribution < -0.4 is 5.32 Å². The second-order valence-electron chi connectivity index (χ2n) is 9.82. The molecule has 43 heavy (non-hydrogen) atoms. The van der Waals surface area contributed by atoms with E-state index in [4.69, 9.17) is 4.42 Å². The molecule has 3 aromatic heterocycles. The molecule has 2 amide bonds. The standard InChI is InChI=1S/C28H24F3N9O3/c1-16(41)33-19-14-20(29)24-21(15-19)34-26(43-24)18-7-8-32-22(13-18)27(42)39-11-9-38(10-12-39)23(17-5-3-2-4-6-17)25-35-37-40(36-25)28(30)31/h2-8,13-15,23,28H,9-12H2,1H3,(H,33,41)/t23-/m1/s1. The van der Waals surface area contributed by atoms with Gasteiger partial charge in [0.25, 0.3) is 5.91 Å². The van der Waals surface area contributed by atoms with Crippen LogP contribution >= 0.6 is 0 Å². The summed E-state index contributed by atoms with van der Waals surface area (Å²) in [6.07, 6.45) is 1.44. The van der Waals surface area contributed by atoms with Gasteiger partial charge in [0, 0.05) is 56.6 Å². The summed E-state index contributed by atoms with van der Waals surface area (Å²) in [4.78, 5) is 37.3. The fourth-order valence-corrected chi connectivity index (χ4v) is 5.00. The molecule has 1 atom stereocenters. The number of hydrogen-bond acceptors (Lipinski definition) is 9. The van der Waals surface area contributed by atoms with Gasteiger partial charge in [-0.1, -0.05) is 35.1 Å². The second-order valence-corrected chi connectivity index (χ2v) is 9.82.